The molecule has 19 heavy (non-hydrogen) atoms. The van der Waals surface area contributed by atoms with E-state index in [0.717, 1.165) is 0 Å². The first kappa shape index (κ1) is 14.7. The molecule has 0 bridgehead atoms. The van der Waals surface area contributed by atoms with Crippen LogP contribution in [0.5, 0.6) is 0 Å². The fourth-order valence-electron chi connectivity index (χ4n) is 1.71. The Bertz CT molecular complexity index is 558. The van der Waals surface area contributed by atoms with E-state index in [0.29, 0.717) is 11.3 Å². The third kappa shape index (κ3) is 2.75. The van der Waals surface area contributed by atoms with Gasteiger partial charge in [0.2, 0.25) is 5.91 Å². The number of aromatic amines is 1. The highest BCUT2D eigenvalue weighted by atomic mass is 16.4. The van der Waals surface area contributed by atoms with Crippen LogP contribution in [0, 0.1) is 13.8 Å². The molecule has 0 atom stereocenters. The molecule has 0 fully saturated rings. The molecular formula is C12H17N3O4. The van der Waals surface area contributed by atoms with Crippen LogP contribution in [0.4, 0.5) is 0 Å². The molecule has 7 heteroatoms. The number of primary amides is 1. The zero-order valence-corrected chi connectivity index (χ0v) is 11.2. The Morgan fingerprint density at radius 1 is 1.26 bits per heavy atom. The van der Waals surface area contributed by atoms with Crippen molar-refractivity contribution in [2.24, 2.45) is 5.73 Å². The molecule has 0 radical (unpaired) electrons. The minimum absolute atomic E-state index is 0.0421. The van der Waals surface area contributed by atoms with Crippen LogP contribution in [-0.4, -0.2) is 33.4 Å². The van der Waals surface area contributed by atoms with Gasteiger partial charge in [-0.15, -0.1) is 0 Å². The number of carboxylic acid groups (broad SMARTS) is 1. The van der Waals surface area contributed by atoms with Gasteiger partial charge in [0.05, 0.1) is 5.56 Å². The quantitative estimate of drug-likeness (QED) is 0.627. The van der Waals surface area contributed by atoms with Gasteiger partial charge in [0.1, 0.15) is 11.2 Å². The molecule has 5 N–H and O–H groups in total. The number of nitrogens with two attached hydrogens (primary N) is 1. The largest absolute Gasteiger partial charge is 0.477 e. The predicted octanol–water partition coefficient (Wildman–Crippen LogP) is 0.323. The van der Waals surface area contributed by atoms with Gasteiger partial charge >= 0.3 is 5.97 Å². The van der Waals surface area contributed by atoms with Crippen LogP contribution in [0.1, 0.15) is 46.0 Å². The van der Waals surface area contributed by atoms with Gasteiger partial charge in [-0.3, -0.25) is 9.59 Å². The molecule has 0 unspecified atom stereocenters. The third-order valence-electron chi connectivity index (χ3n) is 2.92. The Hall–Kier alpha value is -2.31. The fourth-order valence-corrected chi connectivity index (χ4v) is 1.71. The number of H-pyrrole nitrogens is 1. The van der Waals surface area contributed by atoms with Crippen LogP contribution in [0.15, 0.2) is 0 Å². The van der Waals surface area contributed by atoms with Crippen molar-refractivity contribution in [2.75, 3.05) is 0 Å². The summed E-state index contributed by atoms with van der Waals surface area (Å²) in [4.78, 5) is 36.9. The van der Waals surface area contributed by atoms with Gasteiger partial charge in [-0.25, -0.2) is 4.79 Å². The summed E-state index contributed by atoms with van der Waals surface area (Å²) < 4.78 is 0. The monoisotopic (exact) mass is 267 g/mol. The molecule has 1 aromatic heterocycles. The lowest BCUT2D eigenvalue weighted by atomic mass is 10.0. The number of hydrogen-bond donors (Lipinski definition) is 4. The molecule has 0 aliphatic rings. The first-order valence-corrected chi connectivity index (χ1v) is 5.62. The van der Waals surface area contributed by atoms with Crippen molar-refractivity contribution < 1.29 is 19.5 Å². The molecule has 0 saturated carbocycles. The number of hydrogen-bond acceptors (Lipinski definition) is 3. The third-order valence-corrected chi connectivity index (χ3v) is 2.92. The van der Waals surface area contributed by atoms with Crippen LogP contribution in [0.25, 0.3) is 0 Å². The van der Waals surface area contributed by atoms with Gasteiger partial charge in [0.25, 0.3) is 5.91 Å². The van der Waals surface area contributed by atoms with Gasteiger partial charge in [-0.05, 0) is 33.3 Å². The standard InChI is InChI=1S/C12H17N3O4/c1-5-7(6(2)14-8(5)10(17)18)9(16)15-12(3,4)11(13)19/h14H,1-4H3,(H2,13,19)(H,15,16)(H,17,18). The number of amides is 2. The molecule has 7 nitrogen and oxygen atoms in total. The van der Waals surface area contributed by atoms with Crippen LogP contribution in [0.3, 0.4) is 0 Å². The van der Waals surface area contributed by atoms with Crippen LogP contribution < -0.4 is 11.1 Å². The summed E-state index contributed by atoms with van der Waals surface area (Å²) in [6.07, 6.45) is 0. The molecule has 0 aromatic carbocycles. The minimum Gasteiger partial charge on any atom is -0.477 e. The van der Waals surface area contributed by atoms with Gasteiger partial charge in [-0.2, -0.15) is 0 Å². The summed E-state index contributed by atoms with van der Waals surface area (Å²) in [6, 6.07) is 0. The summed E-state index contributed by atoms with van der Waals surface area (Å²) in [5, 5.41) is 11.4. The summed E-state index contributed by atoms with van der Waals surface area (Å²) in [5.41, 5.74) is 4.88. The highest BCUT2D eigenvalue weighted by molar-refractivity contribution is 6.03. The Morgan fingerprint density at radius 3 is 2.16 bits per heavy atom. The van der Waals surface area contributed by atoms with Crippen molar-refractivity contribution in [1.29, 1.82) is 0 Å². The van der Waals surface area contributed by atoms with Gasteiger partial charge in [0, 0.05) is 5.69 Å². The van der Waals surface area contributed by atoms with Crippen molar-refractivity contribution >= 4 is 17.8 Å². The topological polar surface area (TPSA) is 125 Å². The maximum atomic E-state index is 12.1. The number of aromatic nitrogens is 1. The molecule has 1 heterocycles. The zero-order chi connectivity index (χ0) is 15.0. The number of nitrogens with one attached hydrogen (secondary N) is 2. The van der Waals surface area contributed by atoms with Gasteiger partial charge in [0.15, 0.2) is 0 Å². The van der Waals surface area contributed by atoms with Crippen LogP contribution in [-0.2, 0) is 4.79 Å². The molecule has 0 saturated heterocycles. The Kier molecular flexibility index (Phi) is 3.69. The highest BCUT2D eigenvalue weighted by Crippen LogP contribution is 2.18. The smallest absolute Gasteiger partial charge is 0.352 e. The van der Waals surface area contributed by atoms with E-state index in [1.165, 1.54) is 20.8 Å². The normalized spacial score (nSPS) is 11.2. The molecule has 1 rings (SSSR count). The van der Waals surface area contributed by atoms with Crippen molar-refractivity contribution in [1.82, 2.24) is 10.3 Å². The van der Waals surface area contributed by atoms with Crippen molar-refractivity contribution in [3.05, 3.63) is 22.5 Å². The van der Waals surface area contributed by atoms with E-state index in [9.17, 15) is 14.4 Å². The van der Waals surface area contributed by atoms with Crippen LogP contribution in [0.2, 0.25) is 0 Å². The summed E-state index contributed by atoms with van der Waals surface area (Å²) >= 11 is 0. The van der Waals surface area contributed by atoms with E-state index in [1.807, 2.05) is 0 Å². The number of rotatable bonds is 4. The second kappa shape index (κ2) is 4.75. The zero-order valence-electron chi connectivity index (χ0n) is 11.2. The van der Waals surface area contributed by atoms with E-state index < -0.39 is 23.3 Å². The van der Waals surface area contributed by atoms with E-state index in [1.54, 1.807) is 6.92 Å². The van der Waals surface area contributed by atoms with Gasteiger partial charge in [-0.1, -0.05) is 0 Å². The second-order valence-electron chi connectivity index (χ2n) is 4.87. The van der Waals surface area contributed by atoms with Crippen LogP contribution >= 0.6 is 0 Å². The predicted molar refractivity (Wildman–Crippen MR) is 68.0 cm³/mol. The molecule has 0 aliphatic carbocycles. The Morgan fingerprint density at radius 2 is 1.79 bits per heavy atom. The number of aryl methyl sites for hydroxylation is 1. The molecule has 1 aromatic rings. The molecular weight excluding hydrogens is 250 g/mol. The van der Waals surface area contributed by atoms with Crippen molar-refractivity contribution in [2.45, 2.75) is 33.2 Å². The Labute approximate surface area is 110 Å². The number of carbonyl (C=O) groups is 3. The minimum atomic E-state index is -1.21. The fraction of sp³-hybridized carbons (Fsp3) is 0.417. The van der Waals surface area contributed by atoms with E-state index >= 15 is 0 Å². The first-order chi connectivity index (χ1) is 8.58. The molecule has 0 spiro atoms. The second-order valence-corrected chi connectivity index (χ2v) is 4.87. The number of carbonyl (C=O) groups excluding carboxylic acids is 2. The van der Waals surface area contributed by atoms with E-state index in [-0.39, 0.29) is 11.3 Å². The highest BCUT2D eigenvalue weighted by Gasteiger charge is 2.30. The maximum absolute atomic E-state index is 12.1. The lowest BCUT2D eigenvalue weighted by Gasteiger charge is -2.22. The average molecular weight is 267 g/mol. The van der Waals surface area contributed by atoms with Crippen molar-refractivity contribution in [3.8, 4) is 0 Å². The van der Waals surface area contributed by atoms with E-state index in [4.69, 9.17) is 10.8 Å². The lowest BCUT2D eigenvalue weighted by molar-refractivity contribution is -0.122. The SMILES string of the molecule is Cc1[nH]c(C(=O)O)c(C)c1C(=O)NC(C)(C)C(N)=O. The Balaban J connectivity index is 3.15. The summed E-state index contributed by atoms with van der Waals surface area (Å²) in [5.74, 6) is -2.36. The maximum Gasteiger partial charge on any atom is 0.352 e. The molecule has 2 amide bonds. The first-order valence-electron chi connectivity index (χ1n) is 5.62. The molecule has 0 aliphatic heterocycles. The van der Waals surface area contributed by atoms with Gasteiger partial charge < -0.3 is 21.1 Å². The lowest BCUT2D eigenvalue weighted by Crippen LogP contribution is -2.53. The summed E-state index contributed by atoms with van der Waals surface area (Å²) in [6.45, 7) is 6.07. The van der Waals surface area contributed by atoms with Crippen molar-refractivity contribution in [3.63, 3.8) is 0 Å². The number of aromatic carboxylic acids is 1. The van der Waals surface area contributed by atoms with E-state index in [2.05, 4.69) is 10.3 Å². The number of carboxylic acids is 1. The molecule has 104 valence electrons. The summed E-state index contributed by atoms with van der Waals surface area (Å²) in [7, 11) is 0. The average Bonchev–Trinajstić information content (AvgIpc) is 2.53.